The number of aromatic hydroxyl groups is 1. The number of piperidine rings is 1. The van der Waals surface area contributed by atoms with E-state index in [1.54, 1.807) is 13.0 Å². The number of benzene rings is 2. The van der Waals surface area contributed by atoms with Crippen molar-refractivity contribution >= 4 is 27.5 Å². The van der Waals surface area contributed by atoms with Gasteiger partial charge >= 0.3 is 6.01 Å². The van der Waals surface area contributed by atoms with E-state index in [1.165, 1.54) is 18.2 Å². The molecule has 50 heavy (non-hydrogen) atoms. The van der Waals surface area contributed by atoms with Gasteiger partial charge in [-0.2, -0.15) is 9.97 Å². The van der Waals surface area contributed by atoms with Crippen molar-refractivity contribution < 1.29 is 27.4 Å². The van der Waals surface area contributed by atoms with Crippen LogP contribution >= 0.6 is 0 Å². The molecule has 1 unspecified atom stereocenters. The van der Waals surface area contributed by atoms with Gasteiger partial charge in [-0.1, -0.05) is 19.9 Å². The number of hydrogen-bond acceptors (Lipinski definition) is 8. The quantitative estimate of drug-likeness (QED) is 0.206. The maximum Gasteiger partial charge on any atom is 0.319 e. The maximum atomic E-state index is 16.9. The largest absolute Gasteiger partial charge is 0.508 e. The van der Waals surface area contributed by atoms with Crippen LogP contribution in [0.3, 0.4) is 0 Å². The summed E-state index contributed by atoms with van der Waals surface area (Å²) in [5.41, 5.74) is 0.495. The normalized spacial score (nSPS) is 22.9. The van der Waals surface area contributed by atoms with E-state index in [0.717, 1.165) is 38.9 Å². The molecule has 4 fully saturated rings. The Balaban J connectivity index is 0.00000177. The van der Waals surface area contributed by atoms with Crippen molar-refractivity contribution in [3.63, 3.8) is 0 Å². The summed E-state index contributed by atoms with van der Waals surface area (Å²) in [5, 5.41) is 15.7. The number of piperazine rings is 1. The van der Waals surface area contributed by atoms with Gasteiger partial charge in [0, 0.05) is 55.0 Å². The fourth-order valence-corrected chi connectivity index (χ4v) is 8.51. The molecular formula is C38H44F4N6O2. The minimum atomic E-state index is -2.51. The van der Waals surface area contributed by atoms with Gasteiger partial charge in [0.1, 0.15) is 28.6 Å². The van der Waals surface area contributed by atoms with E-state index in [2.05, 4.69) is 20.1 Å². The van der Waals surface area contributed by atoms with Crippen LogP contribution in [0.25, 0.3) is 32.9 Å². The maximum absolute atomic E-state index is 16.9. The van der Waals surface area contributed by atoms with Gasteiger partial charge in [-0.05, 0) is 93.1 Å². The molecule has 3 aliphatic heterocycles. The summed E-state index contributed by atoms with van der Waals surface area (Å²) in [5.74, 6) is -3.08. The Labute approximate surface area is 289 Å². The highest BCUT2D eigenvalue weighted by atomic mass is 19.3. The monoisotopic (exact) mass is 692 g/mol. The summed E-state index contributed by atoms with van der Waals surface area (Å²) in [6.07, 6.45) is 4.32. The summed E-state index contributed by atoms with van der Waals surface area (Å²) in [7, 11) is 0. The Morgan fingerprint density at radius 3 is 2.48 bits per heavy atom. The van der Waals surface area contributed by atoms with E-state index in [0.29, 0.717) is 84.3 Å². The number of nitrogens with one attached hydrogen (secondary N) is 1. The number of phenolic OH excluding ortho intramolecular Hbond substituents is 1. The van der Waals surface area contributed by atoms with Crippen LogP contribution in [0, 0.1) is 29.4 Å². The molecule has 0 radical (unpaired) electrons. The van der Waals surface area contributed by atoms with E-state index in [-0.39, 0.29) is 40.8 Å². The summed E-state index contributed by atoms with van der Waals surface area (Å²) < 4.78 is 66.0. The first-order chi connectivity index (χ1) is 24.1. The van der Waals surface area contributed by atoms with Crippen LogP contribution in [-0.2, 0) is 6.42 Å². The van der Waals surface area contributed by atoms with Gasteiger partial charge in [0.25, 0.3) is 5.92 Å². The lowest BCUT2D eigenvalue weighted by molar-refractivity contribution is 0.0252. The summed E-state index contributed by atoms with van der Waals surface area (Å²) in [4.78, 5) is 18.9. The molecule has 8 nitrogen and oxygen atoms in total. The average molecular weight is 693 g/mol. The van der Waals surface area contributed by atoms with Crippen LogP contribution in [0.15, 0.2) is 24.3 Å². The molecule has 2 saturated heterocycles. The molecule has 1 spiro atoms. The van der Waals surface area contributed by atoms with Crippen molar-refractivity contribution in [2.75, 3.05) is 50.8 Å². The second-order valence-corrected chi connectivity index (χ2v) is 14.9. The van der Waals surface area contributed by atoms with Gasteiger partial charge in [-0.3, -0.25) is 0 Å². The molecule has 5 aliphatic rings. The van der Waals surface area contributed by atoms with E-state index in [9.17, 15) is 18.3 Å². The van der Waals surface area contributed by atoms with E-state index < -0.39 is 23.0 Å². The number of halogens is 4. The van der Waals surface area contributed by atoms with Gasteiger partial charge < -0.3 is 25.0 Å². The Bertz CT molecular complexity index is 1980. The highest BCUT2D eigenvalue weighted by Gasteiger charge is 2.70. The third-order valence-corrected chi connectivity index (χ3v) is 11.8. The summed E-state index contributed by atoms with van der Waals surface area (Å²) in [6.45, 7) is 10.3. The molecule has 2 aromatic heterocycles. The number of alkyl halides is 2. The predicted octanol–water partition coefficient (Wildman–Crippen LogP) is 7.17. The molecule has 0 amide bonds. The number of fused-ring (bicyclic) bond motifs is 3. The van der Waals surface area contributed by atoms with E-state index in [4.69, 9.17) is 14.7 Å². The van der Waals surface area contributed by atoms with Crippen molar-refractivity contribution in [3.05, 3.63) is 47.2 Å². The number of pyridine rings is 1. The van der Waals surface area contributed by atoms with Gasteiger partial charge in [0.2, 0.25) is 0 Å². The van der Waals surface area contributed by atoms with Crippen LogP contribution in [0.5, 0.6) is 11.8 Å². The van der Waals surface area contributed by atoms with E-state index >= 15 is 4.39 Å². The number of phenols is 1. The Hall–Kier alpha value is -3.77. The minimum Gasteiger partial charge on any atom is -0.508 e. The average Bonchev–Trinajstić information content (AvgIpc) is 4.01. The molecular weight excluding hydrogens is 648 g/mol. The fourth-order valence-electron chi connectivity index (χ4n) is 8.51. The molecule has 5 heterocycles. The summed E-state index contributed by atoms with van der Waals surface area (Å²) in [6, 6.07) is 6.09. The third kappa shape index (κ3) is 5.53. The fraction of sp³-hybridized carbons (Fsp3) is 0.553. The molecule has 4 aromatic rings. The first-order valence-corrected chi connectivity index (χ1v) is 18.1. The number of likely N-dealkylation sites (tertiary alicyclic amines) is 1. The van der Waals surface area contributed by atoms with Crippen LogP contribution < -0.4 is 15.0 Å². The number of anilines is 1. The van der Waals surface area contributed by atoms with Gasteiger partial charge in [0.15, 0.2) is 5.82 Å². The third-order valence-electron chi connectivity index (χ3n) is 11.8. The zero-order valence-electron chi connectivity index (χ0n) is 28.9. The highest BCUT2D eigenvalue weighted by molar-refractivity contribution is 6.02. The first-order valence-electron chi connectivity index (χ1n) is 18.1. The SMILES string of the molecule is CC.Cc1c(F)ccc2cc(O)cc(-c3nc4c5c(nc(OCC6(CN7CCC8(CC7)CC8(F)F)CC6)nc5c3F)N3CCNCC3CC4)c12. The number of hydrogen-bond donors (Lipinski definition) is 2. The molecule has 1 atom stereocenters. The molecule has 2 N–H and O–H groups in total. The lowest BCUT2D eigenvalue weighted by Gasteiger charge is -2.36. The van der Waals surface area contributed by atoms with Crippen LogP contribution in [0.4, 0.5) is 23.4 Å². The Morgan fingerprint density at radius 2 is 1.76 bits per heavy atom. The van der Waals surface area contributed by atoms with Crippen LogP contribution in [0.1, 0.15) is 63.6 Å². The van der Waals surface area contributed by atoms with Gasteiger partial charge in [0.05, 0.1) is 17.7 Å². The predicted molar refractivity (Wildman–Crippen MR) is 185 cm³/mol. The number of rotatable bonds is 6. The zero-order valence-corrected chi connectivity index (χ0v) is 28.9. The molecule has 266 valence electrons. The van der Waals surface area contributed by atoms with Crippen molar-refractivity contribution in [3.8, 4) is 23.0 Å². The molecule has 2 aliphatic carbocycles. The topological polar surface area (TPSA) is 86.6 Å². The smallest absolute Gasteiger partial charge is 0.319 e. The Kier molecular flexibility index (Phi) is 8.13. The zero-order chi connectivity index (χ0) is 35.0. The van der Waals surface area contributed by atoms with Crippen LogP contribution in [-0.4, -0.2) is 82.8 Å². The van der Waals surface area contributed by atoms with E-state index in [1.807, 2.05) is 13.8 Å². The molecule has 12 heteroatoms. The number of aryl methyl sites for hydroxylation is 2. The van der Waals surface area contributed by atoms with Gasteiger partial charge in [-0.15, -0.1) is 0 Å². The second-order valence-electron chi connectivity index (χ2n) is 14.9. The first kappa shape index (κ1) is 33.4. The van der Waals surface area contributed by atoms with Crippen molar-refractivity contribution in [1.29, 1.82) is 0 Å². The highest BCUT2D eigenvalue weighted by Crippen LogP contribution is 2.66. The molecule has 9 rings (SSSR count). The molecule has 2 aromatic carbocycles. The van der Waals surface area contributed by atoms with Crippen LogP contribution in [0.2, 0.25) is 0 Å². The van der Waals surface area contributed by atoms with Gasteiger partial charge in [-0.25, -0.2) is 22.5 Å². The second kappa shape index (κ2) is 12.2. The summed E-state index contributed by atoms with van der Waals surface area (Å²) >= 11 is 0. The number of aromatic nitrogens is 3. The lowest BCUT2D eigenvalue weighted by Crippen LogP contribution is -2.51. The van der Waals surface area contributed by atoms with Crippen molar-refractivity contribution in [1.82, 2.24) is 25.2 Å². The van der Waals surface area contributed by atoms with Crippen molar-refractivity contribution in [2.24, 2.45) is 10.8 Å². The van der Waals surface area contributed by atoms with Crippen molar-refractivity contribution in [2.45, 2.75) is 77.7 Å². The standard InChI is InChI=1S/C36H38F4N6O2.C2H6/c1-20-25(37)4-2-21-14-23(47)15-24(27(20)21)30-29(38)31-28-26(42-30)5-3-22-16-41-10-13-46(22)32(28)44-33(43-31)48-19-34(6-7-34)18-45-11-8-35(9-12-45)17-36(35,39)40;1-2/h2,4,14-15,22,41,47H,3,5-13,16-19H2,1H3;1-2H3. The number of nitrogens with zero attached hydrogens (tertiary/aromatic N) is 5. The molecule has 2 saturated carbocycles. The minimum absolute atomic E-state index is 0.00321. The lowest BCUT2D eigenvalue weighted by atomic mass is 9.92. The molecule has 0 bridgehead atoms. The Morgan fingerprint density at radius 1 is 1.00 bits per heavy atom. The number of ether oxygens (including phenoxy) is 1.